The average Bonchev–Trinajstić information content (AvgIpc) is 2.39. The largest absolute Gasteiger partial charge is 0.314 e. The fourth-order valence-corrected chi connectivity index (χ4v) is 3.79. The van der Waals surface area contributed by atoms with Gasteiger partial charge in [-0.2, -0.15) is 4.31 Å². The van der Waals surface area contributed by atoms with Gasteiger partial charge in [0.15, 0.2) is 0 Å². The molecule has 1 aromatic carbocycles. The number of aryl methyl sites for hydroxylation is 2. The van der Waals surface area contributed by atoms with E-state index in [-0.39, 0.29) is 0 Å². The van der Waals surface area contributed by atoms with Crippen LogP contribution in [0.15, 0.2) is 23.1 Å². The molecule has 1 aliphatic rings. The fraction of sp³-hybridized carbons (Fsp3) is 0.538. The molecule has 5 heteroatoms. The number of hydrogen-bond acceptors (Lipinski definition) is 3. The number of piperazine rings is 1. The summed E-state index contributed by atoms with van der Waals surface area (Å²) in [6.45, 7) is 6.60. The molecule has 1 aliphatic heterocycles. The molecule has 0 amide bonds. The van der Waals surface area contributed by atoms with Gasteiger partial charge in [0.2, 0.25) is 10.0 Å². The first-order valence-corrected chi connectivity index (χ1v) is 7.80. The van der Waals surface area contributed by atoms with Crippen molar-refractivity contribution in [2.24, 2.45) is 0 Å². The van der Waals surface area contributed by atoms with Crippen molar-refractivity contribution in [3.05, 3.63) is 29.3 Å². The Hall–Kier alpha value is -0.910. The second kappa shape index (κ2) is 5.38. The molecular weight excluding hydrogens is 248 g/mol. The first-order chi connectivity index (χ1) is 8.55. The van der Waals surface area contributed by atoms with Gasteiger partial charge < -0.3 is 5.32 Å². The highest BCUT2D eigenvalue weighted by Crippen LogP contribution is 2.20. The normalized spacial score (nSPS) is 17.9. The molecule has 100 valence electrons. The smallest absolute Gasteiger partial charge is 0.243 e. The summed E-state index contributed by atoms with van der Waals surface area (Å²) in [7, 11) is -3.32. The SMILES string of the molecule is CCc1ccc(S(=O)(=O)N2CCNCC2)cc1C. The molecule has 1 aromatic rings. The summed E-state index contributed by atoms with van der Waals surface area (Å²) in [6, 6.07) is 5.43. The molecule has 0 aromatic heterocycles. The number of sulfonamides is 1. The highest BCUT2D eigenvalue weighted by atomic mass is 32.2. The van der Waals surface area contributed by atoms with Crippen molar-refractivity contribution in [2.45, 2.75) is 25.2 Å². The van der Waals surface area contributed by atoms with E-state index in [9.17, 15) is 8.42 Å². The molecule has 1 heterocycles. The first kappa shape index (κ1) is 13.5. The molecule has 0 atom stereocenters. The van der Waals surface area contributed by atoms with Crippen LogP contribution in [0, 0.1) is 6.92 Å². The summed E-state index contributed by atoms with van der Waals surface area (Å²) in [5, 5.41) is 3.16. The van der Waals surface area contributed by atoms with Crippen LogP contribution in [0.25, 0.3) is 0 Å². The zero-order valence-corrected chi connectivity index (χ0v) is 11.8. The maximum Gasteiger partial charge on any atom is 0.243 e. The summed E-state index contributed by atoms with van der Waals surface area (Å²) >= 11 is 0. The summed E-state index contributed by atoms with van der Waals surface area (Å²) in [4.78, 5) is 0.416. The lowest BCUT2D eigenvalue weighted by Gasteiger charge is -2.26. The van der Waals surface area contributed by atoms with Crippen LogP contribution in [0.5, 0.6) is 0 Å². The van der Waals surface area contributed by atoms with E-state index in [1.165, 1.54) is 5.56 Å². The van der Waals surface area contributed by atoms with Gasteiger partial charge in [0.25, 0.3) is 0 Å². The third-order valence-electron chi connectivity index (χ3n) is 3.41. The Morgan fingerprint density at radius 1 is 1.28 bits per heavy atom. The zero-order chi connectivity index (χ0) is 13.2. The van der Waals surface area contributed by atoms with E-state index in [1.54, 1.807) is 16.4 Å². The average molecular weight is 268 g/mol. The number of rotatable bonds is 3. The Kier molecular flexibility index (Phi) is 4.04. The first-order valence-electron chi connectivity index (χ1n) is 6.36. The van der Waals surface area contributed by atoms with Gasteiger partial charge in [-0.15, -0.1) is 0 Å². The Morgan fingerprint density at radius 3 is 2.50 bits per heavy atom. The van der Waals surface area contributed by atoms with Crippen LogP contribution in [0.4, 0.5) is 0 Å². The molecule has 1 N–H and O–H groups in total. The summed E-state index contributed by atoms with van der Waals surface area (Å²) in [6.07, 6.45) is 0.930. The minimum atomic E-state index is -3.32. The van der Waals surface area contributed by atoms with Crippen LogP contribution in [0.3, 0.4) is 0 Å². The van der Waals surface area contributed by atoms with Gasteiger partial charge in [-0.3, -0.25) is 0 Å². The maximum atomic E-state index is 12.4. The predicted molar refractivity (Wildman–Crippen MR) is 72.2 cm³/mol. The summed E-state index contributed by atoms with van der Waals surface area (Å²) < 4.78 is 26.4. The number of benzene rings is 1. The van der Waals surface area contributed by atoms with Crippen LogP contribution >= 0.6 is 0 Å². The number of nitrogens with zero attached hydrogens (tertiary/aromatic N) is 1. The molecule has 0 bridgehead atoms. The molecule has 4 nitrogen and oxygen atoms in total. The van der Waals surface area contributed by atoms with E-state index in [1.807, 2.05) is 13.0 Å². The van der Waals surface area contributed by atoms with Crippen molar-refractivity contribution >= 4 is 10.0 Å². The third kappa shape index (κ3) is 2.58. The molecule has 0 aliphatic carbocycles. The minimum Gasteiger partial charge on any atom is -0.314 e. The topological polar surface area (TPSA) is 49.4 Å². The van der Waals surface area contributed by atoms with Gasteiger partial charge in [-0.1, -0.05) is 13.0 Å². The predicted octanol–water partition coefficient (Wildman–Crippen LogP) is 1.15. The quantitative estimate of drug-likeness (QED) is 0.894. The van der Waals surface area contributed by atoms with Gasteiger partial charge >= 0.3 is 0 Å². The van der Waals surface area contributed by atoms with E-state index in [0.717, 1.165) is 25.1 Å². The standard InChI is InChI=1S/C13H20N2O2S/c1-3-12-4-5-13(10-11(12)2)18(16,17)15-8-6-14-7-9-15/h4-5,10,14H,3,6-9H2,1-2H3. The minimum absolute atomic E-state index is 0.416. The van der Waals surface area contributed by atoms with E-state index in [4.69, 9.17) is 0 Å². The molecule has 0 unspecified atom stereocenters. The molecule has 2 rings (SSSR count). The molecule has 0 spiro atoms. The molecule has 1 saturated heterocycles. The molecule has 0 saturated carbocycles. The molecule has 1 fully saturated rings. The van der Waals surface area contributed by atoms with E-state index >= 15 is 0 Å². The van der Waals surface area contributed by atoms with Crippen molar-refractivity contribution in [2.75, 3.05) is 26.2 Å². The van der Waals surface area contributed by atoms with Gasteiger partial charge in [-0.05, 0) is 36.6 Å². The van der Waals surface area contributed by atoms with Crippen LogP contribution in [-0.4, -0.2) is 38.9 Å². The van der Waals surface area contributed by atoms with Crippen LogP contribution < -0.4 is 5.32 Å². The van der Waals surface area contributed by atoms with Crippen molar-refractivity contribution in [1.29, 1.82) is 0 Å². The van der Waals surface area contributed by atoms with Crippen LogP contribution in [0.2, 0.25) is 0 Å². The van der Waals surface area contributed by atoms with Crippen molar-refractivity contribution < 1.29 is 8.42 Å². The van der Waals surface area contributed by atoms with Gasteiger partial charge in [0, 0.05) is 26.2 Å². The number of nitrogens with one attached hydrogen (secondary N) is 1. The van der Waals surface area contributed by atoms with Crippen molar-refractivity contribution in [3.63, 3.8) is 0 Å². The van der Waals surface area contributed by atoms with Crippen LogP contribution in [-0.2, 0) is 16.4 Å². The van der Waals surface area contributed by atoms with E-state index in [0.29, 0.717) is 18.0 Å². The van der Waals surface area contributed by atoms with Gasteiger partial charge in [0.1, 0.15) is 0 Å². The monoisotopic (exact) mass is 268 g/mol. The van der Waals surface area contributed by atoms with Gasteiger partial charge in [0.05, 0.1) is 4.90 Å². The highest BCUT2D eigenvalue weighted by molar-refractivity contribution is 7.89. The molecule has 18 heavy (non-hydrogen) atoms. The van der Waals surface area contributed by atoms with Crippen molar-refractivity contribution in [3.8, 4) is 0 Å². The molecular formula is C13H20N2O2S. The second-order valence-corrected chi connectivity index (χ2v) is 6.53. The second-order valence-electron chi connectivity index (χ2n) is 4.60. The van der Waals surface area contributed by atoms with Crippen LogP contribution in [0.1, 0.15) is 18.1 Å². The lowest BCUT2D eigenvalue weighted by atomic mass is 10.1. The van der Waals surface area contributed by atoms with Gasteiger partial charge in [-0.25, -0.2) is 8.42 Å². The Labute approximate surface area is 109 Å². The maximum absolute atomic E-state index is 12.4. The Morgan fingerprint density at radius 2 is 1.94 bits per heavy atom. The van der Waals surface area contributed by atoms with E-state index in [2.05, 4.69) is 12.2 Å². The lowest BCUT2D eigenvalue weighted by Crippen LogP contribution is -2.46. The van der Waals surface area contributed by atoms with Crippen molar-refractivity contribution in [1.82, 2.24) is 9.62 Å². The summed E-state index contributed by atoms with van der Waals surface area (Å²) in [5.41, 5.74) is 2.25. The Bertz CT molecular complexity index is 520. The molecule has 0 radical (unpaired) electrons. The third-order valence-corrected chi connectivity index (χ3v) is 5.30. The highest BCUT2D eigenvalue weighted by Gasteiger charge is 2.25. The van der Waals surface area contributed by atoms with E-state index < -0.39 is 10.0 Å². The Balaban J connectivity index is 2.32. The fourth-order valence-electron chi connectivity index (χ4n) is 2.26. The lowest BCUT2D eigenvalue weighted by molar-refractivity contribution is 0.360. The summed E-state index contributed by atoms with van der Waals surface area (Å²) in [5.74, 6) is 0. The zero-order valence-electron chi connectivity index (χ0n) is 10.9. The number of hydrogen-bond donors (Lipinski definition) is 1.